The number of hydrogen-bond donors (Lipinski definition) is 2. The Hall–Kier alpha value is -2.76. The maximum Gasteiger partial charge on any atom is 0.255 e. The van der Waals surface area contributed by atoms with Gasteiger partial charge in [0.25, 0.3) is 5.91 Å². The van der Waals surface area contributed by atoms with Crippen LogP contribution in [0.3, 0.4) is 0 Å². The molecule has 0 fully saturated rings. The van der Waals surface area contributed by atoms with Gasteiger partial charge in [0, 0.05) is 21.2 Å². The highest BCUT2D eigenvalue weighted by atomic mass is 35.5. The zero-order chi connectivity index (χ0) is 20.8. The first-order chi connectivity index (χ1) is 13.9. The van der Waals surface area contributed by atoms with Crippen molar-refractivity contribution >= 4 is 46.6 Å². The third-order valence-corrected chi connectivity index (χ3v) is 5.71. The summed E-state index contributed by atoms with van der Waals surface area (Å²) in [7, 11) is 0. The fourth-order valence-electron chi connectivity index (χ4n) is 2.69. The molecule has 0 saturated heterocycles. The number of nitrogens with one attached hydrogen (secondary N) is 2. The third kappa shape index (κ3) is 5.86. The molecule has 0 radical (unpaired) electrons. The van der Waals surface area contributed by atoms with Gasteiger partial charge >= 0.3 is 0 Å². The maximum atomic E-state index is 12.5. The van der Waals surface area contributed by atoms with Crippen molar-refractivity contribution in [2.75, 3.05) is 16.4 Å². The third-order valence-electron chi connectivity index (χ3n) is 4.23. The molecule has 0 aliphatic carbocycles. The van der Waals surface area contributed by atoms with Crippen molar-refractivity contribution < 1.29 is 9.59 Å². The van der Waals surface area contributed by atoms with Crippen LogP contribution in [-0.4, -0.2) is 17.6 Å². The molecule has 0 aliphatic heterocycles. The van der Waals surface area contributed by atoms with Crippen LogP contribution in [0.25, 0.3) is 0 Å². The summed E-state index contributed by atoms with van der Waals surface area (Å²) < 4.78 is 0. The van der Waals surface area contributed by atoms with Gasteiger partial charge < -0.3 is 10.6 Å². The second kappa shape index (κ2) is 9.63. The van der Waals surface area contributed by atoms with Crippen molar-refractivity contribution in [3.8, 4) is 0 Å². The van der Waals surface area contributed by atoms with E-state index in [2.05, 4.69) is 10.6 Å². The van der Waals surface area contributed by atoms with Gasteiger partial charge in [0.1, 0.15) is 0 Å². The van der Waals surface area contributed by atoms with Gasteiger partial charge in [-0.05, 0) is 55.8 Å². The fraction of sp³-hybridized carbons (Fsp3) is 0.130. The van der Waals surface area contributed by atoms with Gasteiger partial charge in [-0.3, -0.25) is 9.59 Å². The monoisotopic (exact) mass is 424 g/mol. The summed E-state index contributed by atoms with van der Waals surface area (Å²) in [5, 5.41) is 6.38. The minimum Gasteiger partial charge on any atom is -0.325 e. The number of anilines is 2. The number of carbonyl (C=O) groups is 2. The number of hydrogen-bond acceptors (Lipinski definition) is 3. The molecule has 3 rings (SSSR count). The van der Waals surface area contributed by atoms with E-state index in [1.54, 1.807) is 12.1 Å². The fourth-order valence-corrected chi connectivity index (χ4v) is 3.68. The molecule has 4 nitrogen and oxygen atoms in total. The van der Waals surface area contributed by atoms with Crippen molar-refractivity contribution in [1.82, 2.24) is 0 Å². The molecular weight excluding hydrogens is 404 g/mol. The average molecular weight is 425 g/mol. The first-order valence-corrected chi connectivity index (χ1v) is 10.4. The van der Waals surface area contributed by atoms with E-state index in [0.29, 0.717) is 22.0 Å². The lowest BCUT2D eigenvalue weighted by Gasteiger charge is -2.11. The molecule has 3 aromatic carbocycles. The SMILES string of the molecule is Cc1cccc(C(=O)Nc2ccccc2SCC(=O)Nc2ccc(C)c(Cl)c2)c1. The number of halogens is 1. The van der Waals surface area contributed by atoms with Crippen LogP contribution >= 0.6 is 23.4 Å². The van der Waals surface area contributed by atoms with E-state index >= 15 is 0 Å². The molecular formula is C23H21ClN2O2S. The van der Waals surface area contributed by atoms with Crippen LogP contribution < -0.4 is 10.6 Å². The van der Waals surface area contributed by atoms with E-state index in [0.717, 1.165) is 16.0 Å². The summed E-state index contributed by atoms with van der Waals surface area (Å²) >= 11 is 7.47. The number of rotatable bonds is 6. The smallest absolute Gasteiger partial charge is 0.255 e. The molecule has 2 N–H and O–H groups in total. The molecule has 0 unspecified atom stereocenters. The topological polar surface area (TPSA) is 58.2 Å². The summed E-state index contributed by atoms with van der Waals surface area (Å²) in [5.74, 6) is -0.113. The van der Waals surface area contributed by atoms with Gasteiger partial charge in [-0.25, -0.2) is 0 Å². The first kappa shape index (κ1) is 21.0. The highest BCUT2D eigenvalue weighted by Crippen LogP contribution is 2.28. The Labute approximate surface area is 179 Å². The zero-order valence-corrected chi connectivity index (χ0v) is 17.7. The number of para-hydroxylation sites is 1. The Morgan fingerprint density at radius 2 is 1.72 bits per heavy atom. The molecule has 148 valence electrons. The highest BCUT2D eigenvalue weighted by Gasteiger charge is 2.11. The Kier molecular flexibility index (Phi) is 6.96. The lowest BCUT2D eigenvalue weighted by molar-refractivity contribution is -0.113. The van der Waals surface area contributed by atoms with Crippen molar-refractivity contribution in [2.24, 2.45) is 0 Å². The predicted molar refractivity (Wildman–Crippen MR) is 121 cm³/mol. The Morgan fingerprint density at radius 3 is 2.48 bits per heavy atom. The molecule has 0 spiro atoms. The largest absolute Gasteiger partial charge is 0.325 e. The van der Waals surface area contributed by atoms with E-state index in [1.165, 1.54) is 11.8 Å². The van der Waals surface area contributed by atoms with E-state index < -0.39 is 0 Å². The summed E-state index contributed by atoms with van der Waals surface area (Å²) in [6.45, 7) is 3.85. The Balaban J connectivity index is 1.63. The predicted octanol–water partition coefficient (Wildman–Crippen LogP) is 5.94. The highest BCUT2D eigenvalue weighted by molar-refractivity contribution is 8.00. The molecule has 0 aliphatic rings. The van der Waals surface area contributed by atoms with Crippen LogP contribution in [-0.2, 0) is 4.79 Å². The number of benzene rings is 3. The summed E-state index contributed by atoms with van der Waals surface area (Å²) in [6.07, 6.45) is 0. The quantitative estimate of drug-likeness (QED) is 0.481. The number of amides is 2. The van der Waals surface area contributed by atoms with Gasteiger partial charge in [0.15, 0.2) is 0 Å². The van der Waals surface area contributed by atoms with E-state index in [4.69, 9.17) is 11.6 Å². The Morgan fingerprint density at radius 1 is 0.931 bits per heavy atom. The number of thioether (sulfide) groups is 1. The molecule has 0 heterocycles. The van der Waals surface area contributed by atoms with Gasteiger partial charge in [0.2, 0.25) is 5.91 Å². The van der Waals surface area contributed by atoms with Crippen molar-refractivity contribution in [2.45, 2.75) is 18.7 Å². The van der Waals surface area contributed by atoms with Gasteiger partial charge in [0.05, 0.1) is 11.4 Å². The summed E-state index contributed by atoms with van der Waals surface area (Å²) in [6, 6.07) is 20.3. The van der Waals surface area contributed by atoms with Gasteiger partial charge in [-0.1, -0.05) is 47.5 Å². The first-order valence-electron chi connectivity index (χ1n) is 9.08. The molecule has 0 saturated carbocycles. The molecule has 0 bridgehead atoms. The van der Waals surface area contributed by atoms with Crippen LogP contribution in [0.1, 0.15) is 21.5 Å². The van der Waals surface area contributed by atoms with Crippen LogP contribution in [0.2, 0.25) is 5.02 Å². The van der Waals surface area contributed by atoms with Crippen LogP contribution in [0, 0.1) is 13.8 Å². The van der Waals surface area contributed by atoms with Gasteiger partial charge in [-0.2, -0.15) is 0 Å². The zero-order valence-electron chi connectivity index (χ0n) is 16.2. The molecule has 29 heavy (non-hydrogen) atoms. The average Bonchev–Trinajstić information content (AvgIpc) is 2.70. The molecule has 0 aromatic heterocycles. The number of aryl methyl sites for hydroxylation is 2. The molecule has 3 aromatic rings. The lowest BCUT2D eigenvalue weighted by atomic mass is 10.1. The maximum absolute atomic E-state index is 12.5. The summed E-state index contributed by atoms with van der Waals surface area (Å²) in [4.78, 5) is 25.7. The lowest BCUT2D eigenvalue weighted by Crippen LogP contribution is -2.15. The van der Waals surface area contributed by atoms with Crippen LogP contribution in [0.4, 0.5) is 11.4 Å². The van der Waals surface area contributed by atoms with Crippen molar-refractivity contribution in [3.05, 3.63) is 88.4 Å². The van der Waals surface area contributed by atoms with Crippen molar-refractivity contribution in [1.29, 1.82) is 0 Å². The Bertz CT molecular complexity index is 1050. The van der Waals surface area contributed by atoms with Gasteiger partial charge in [-0.15, -0.1) is 11.8 Å². The number of carbonyl (C=O) groups excluding carboxylic acids is 2. The standard InChI is InChI=1S/C23H21ClN2O2S/c1-15-6-5-7-17(12-15)23(28)26-20-8-3-4-9-21(20)29-14-22(27)25-18-11-10-16(2)19(24)13-18/h3-13H,14H2,1-2H3,(H,25,27)(H,26,28). The molecule has 2 amide bonds. The normalized spacial score (nSPS) is 10.4. The van der Waals surface area contributed by atoms with E-state index in [9.17, 15) is 9.59 Å². The second-order valence-electron chi connectivity index (χ2n) is 6.62. The van der Waals surface area contributed by atoms with Crippen LogP contribution in [0.5, 0.6) is 0 Å². The van der Waals surface area contributed by atoms with E-state index in [-0.39, 0.29) is 17.6 Å². The van der Waals surface area contributed by atoms with E-state index in [1.807, 2.05) is 68.4 Å². The molecule has 0 atom stereocenters. The summed E-state index contributed by atoms with van der Waals surface area (Å²) in [5.41, 5.74) is 3.91. The molecule has 6 heteroatoms. The minimum atomic E-state index is -0.180. The second-order valence-corrected chi connectivity index (χ2v) is 8.04. The van der Waals surface area contributed by atoms with Crippen LogP contribution in [0.15, 0.2) is 71.6 Å². The van der Waals surface area contributed by atoms with Crippen molar-refractivity contribution in [3.63, 3.8) is 0 Å². The minimum absolute atomic E-state index is 0.144.